The Morgan fingerprint density at radius 2 is 1.68 bits per heavy atom. The third-order valence-electron chi connectivity index (χ3n) is 5.17. The third kappa shape index (κ3) is 2.84. The van der Waals surface area contributed by atoms with Gasteiger partial charge in [0.25, 0.3) is 0 Å². The highest BCUT2D eigenvalue weighted by atomic mass is 16.5. The molecule has 0 bridgehead atoms. The van der Waals surface area contributed by atoms with Crippen LogP contribution in [0, 0.1) is 5.92 Å². The third-order valence-corrected chi connectivity index (χ3v) is 5.17. The summed E-state index contributed by atoms with van der Waals surface area (Å²) in [5.74, 6) is 0.139. The topological polar surface area (TPSA) is 38.7 Å². The molecule has 1 heterocycles. The van der Waals surface area contributed by atoms with E-state index in [1.165, 1.54) is 6.42 Å². The van der Waals surface area contributed by atoms with E-state index in [1.807, 2.05) is 0 Å². The fourth-order valence-corrected chi connectivity index (χ4v) is 4.23. The second-order valence-corrected chi connectivity index (χ2v) is 7.55. The minimum Gasteiger partial charge on any atom is -0.390 e. The summed E-state index contributed by atoms with van der Waals surface area (Å²) in [6, 6.07) is 0. The summed E-state index contributed by atoms with van der Waals surface area (Å²) in [5, 5.41) is 11.0. The molecular weight excluding hydrogens is 240 g/mol. The lowest BCUT2D eigenvalue weighted by Crippen LogP contribution is -2.53. The molecule has 2 fully saturated rings. The maximum absolute atomic E-state index is 11.0. The molecule has 0 radical (unpaired) electrons. The molecule has 3 nitrogen and oxygen atoms in total. The molecule has 0 aromatic heterocycles. The molecule has 19 heavy (non-hydrogen) atoms. The van der Waals surface area contributed by atoms with Crippen molar-refractivity contribution in [3.05, 3.63) is 0 Å². The number of ether oxygens (including phenoxy) is 2. The molecule has 1 aliphatic carbocycles. The van der Waals surface area contributed by atoms with Gasteiger partial charge < -0.3 is 14.6 Å². The van der Waals surface area contributed by atoms with Crippen molar-refractivity contribution in [3.63, 3.8) is 0 Å². The van der Waals surface area contributed by atoms with E-state index in [0.29, 0.717) is 0 Å². The molecule has 1 saturated carbocycles. The monoisotopic (exact) mass is 270 g/mol. The largest absolute Gasteiger partial charge is 0.390 e. The number of methoxy groups -OCH3 is 1. The first-order valence-corrected chi connectivity index (χ1v) is 7.66. The Hall–Kier alpha value is -0.120. The van der Waals surface area contributed by atoms with Gasteiger partial charge in [0.1, 0.15) is 0 Å². The van der Waals surface area contributed by atoms with Gasteiger partial charge in [0.15, 0.2) is 0 Å². The predicted octanol–water partition coefficient (Wildman–Crippen LogP) is 3.29. The van der Waals surface area contributed by atoms with Gasteiger partial charge in [-0.25, -0.2) is 0 Å². The lowest BCUT2D eigenvalue weighted by Gasteiger charge is -2.44. The van der Waals surface area contributed by atoms with Crippen LogP contribution in [0.5, 0.6) is 0 Å². The molecule has 2 atom stereocenters. The van der Waals surface area contributed by atoms with Gasteiger partial charge in [0.2, 0.25) is 0 Å². The first kappa shape index (κ1) is 15.3. The fourth-order valence-electron chi connectivity index (χ4n) is 4.23. The van der Waals surface area contributed by atoms with Crippen molar-refractivity contribution in [2.45, 2.75) is 89.1 Å². The Morgan fingerprint density at radius 1 is 1.11 bits per heavy atom. The van der Waals surface area contributed by atoms with Gasteiger partial charge in [-0.1, -0.05) is 19.3 Å². The Labute approximate surface area is 117 Å². The summed E-state index contributed by atoms with van der Waals surface area (Å²) in [4.78, 5) is 0. The molecule has 0 amide bonds. The smallest absolute Gasteiger partial charge is 0.0940 e. The molecule has 3 heteroatoms. The molecule has 2 rings (SSSR count). The number of hydrogen-bond acceptors (Lipinski definition) is 3. The van der Waals surface area contributed by atoms with Crippen LogP contribution < -0.4 is 0 Å². The van der Waals surface area contributed by atoms with Crippen molar-refractivity contribution >= 4 is 0 Å². The highest BCUT2D eigenvalue weighted by Gasteiger charge is 2.54. The van der Waals surface area contributed by atoms with Crippen LogP contribution in [0.2, 0.25) is 0 Å². The lowest BCUT2D eigenvalue weighted by molar-refractivity contribution is -0.164. The first-order chi connectivity index (χ1) is 8.72. The van der Waals surface area contributed by atoms with Crippen LogP contribution in [0.1, 0.15) is 66.2 Å². The molecule has 0 spiro atoms. The normalized spacial score (nSPS) is 34.1. The van der Waals surface area contributed by atoms with Crippen molar-refractivity contribution in [1.82, 2.24) is 0 Å². The van der Waals surface area contributed by atoms with E-state index in [1.54, 1.807) is 7.11 Å². The second-order valence-electron chi connectivity index (χ2n) is 7.55. The van der Waals surface area contributed by atoms with E-state index in [4.69, 9.17) is 9.47 Å². The molecule has 0 aromatic carbocycles. The van der Waals surface area contributed by atoms with E-state index in [9.17, 15) is 5.11 Å². The summed E-state index contributed by atoms with van der Waals surface area (Å²) in [5.41, 5.74) is -0.797. The van der Waals surface area contributed by atoms with Crippen LogP contribution in [0.15, 0.2) is 0 Å². The zero-order chi connectivity index (χ0) is 14.3. The van der Waals surface area contributed by atoms with Gasteiger partial charge in [0.05, 0.1) is 22.9 Å². The van der Waals surface area contributed by atoms with Crippen LogP contribution in [0.3, 0.4) is 0 Å². The van der Waals surface area contributed by atoms with Gasteiger partial charge in [-0.3, -0.25) is 0 Å². The van der Waals surface area contributed by atoms with Crippen molar-refractivity contribution < 1.29 is 14.6 Å². The lowest BCUT2D eigenvalue weighted by atomic mass is 9.71. The van der Waals surface area contributed by atoms with E-state index in [2.05, 4.69) is 27.7 Å². The Morgan fingerprint density at radius 3 is 2.11 bits per heavy atom. The summed E-state index contributed by atoms with van der Waals surface area (Å²) in [7, 11) is 1.75. The molecule has 1 saturated heterocycles. The van der Waals surface area contributed by atoms with Crippen molar-refractivity contribution in [2.75, 3.05) is 7.11 Å². The van der Waals surface area contributed by atoms with Crippen molar-refractivity contribution in [3.8, 4) is 0 Å². The van der Waals surface area contributed by atoms with Crippen LogP contribution in [-0.2, 0) is 9.47 Å². The molecule has 112 valence electrons. The molecule has 2 unspecified atom stereocenters. The number of hydrogen-bond donors (Lipinski definition) is 1. The summed E-state index contributed by atoms with van der Waals surface area (Å²) in [6.07, 6.45) is 5.97. The van der Waals surface area contributed by atoms with Gasteiger partial charge in [0, 0.05) is 13.0 Å². The predicted molar refractivity (Wildman–Crippen MR) is 76.2 cm³/mol. The zero-order valence-corrected chi connectivity index (χ0v) is 13.2. The van der Waals surface area contributed by atoms with E-state index in [0.717, 1.165) is 32.1 Å². The highest BCUT2D eigenvalue weighted by molar-refractivity contribution is 5.04. The Balaban J connectivity index is 2.20. The highest BCUT2D eigenvalue weighted by Crippen LogP contribution is 2.48. The summed E-state index contributed by atoms with van der Waals surface area (Å²) in [6.45, 7) is 8.42. The molecule has 1 N–H and O–H groups in total. The van der Waals surface area contributed by atoms with Crippen LogP contribution in [0.4, 0.5) is 0 Å². The maximum atomic E-state index is 11.0. The SMILES string of the molecule is COC1(C(O)C2CC(C)(C)OC2(C)C)CCCCC1. The van der Waals surface area contributed by atoms with Crippen molar-refractivity contribution in [2.24, 2.45) is 5.92 Å². The Bertz CT molecular complexity index is 316. The second kappa shape index (κ2) is 5.01. The first-order valence-electron chi connectivity index (χ1n) is 7.66. The van der Waals surface area contributed by atoms with Gasteiger partial charge >= 0.3 is 0 Å². The minimum absolute atomic E-state index is 0.139. The fraction of sp³-hybridized carbons (Fsp3) is 1.00. The van der Waals surface area contributed by atoms with Crippen LogP contribution >= 0.6 is 0 Å². The maximum Gasteiger partial charge on any atom is 0.0940 e. The van der Waals surface area contributed by atoms with Crippen molar-refractivity contribution in [1.29, 1.82) is 0 Å². The minimum atomic E-state index is -0.436. The Kier molecular flexibility index (Phi) is 4.03. The summed E-state index contributed by atoms with van der Waals surface area (Å²) >= 11 is 0. The quantitative estimate of drug-likeness (QED) is 0.855. The van der Waals surface area contributed by atoms with E-state index >= 15 is 0 Å². The zero-order valence-electron chi connectivity index (χ0n) is 13.2. The molecular formula is C16H30O3. The molecule has 2 aliphatic rings. The number of aliphatic hydroxyl groups excluding tert-OH is 1. The van der Waals surface area contributed by atoms with E-state index < -0.39 is 6.10 Å². The number of rotatable bonds is 3. The summed E-state index contributed by atoms with van der Waals surface area (Å²) < 4.78 is 11.9. The molecule has 1 aliphatic heterocycles. The average Bonchev–Trinajstić information content (AvgIpc) is 2.57. The van der Waals surface area contributed by atoms with Gasteiger partial charge in [-0.2, -0.15) is 0 Å². The van der Waals surface area contributed by atoms with Crippen LogP contribution in [0.25, 0.3) is 0 Å². The molecule has 0 aromatic rings. The van der Waals surface area contributed by atoms with Crippen LogP contribution in [-0.4, -0.2) is 35.1 Å². The average molecular weight is 270 g/mol. The standard InChI is InChI=1S/C16H30O3/c1-14(2)11-12(15(3,4)19-14)13(17)16(18-5)9-7-6-8-10-16/h12-13,17H,6-11H2,1-5H3. The van der Waals surface area contributed by atoms with Gasteiger partial charge in [-0.15, -0.1) is 0 Å². The van der Waals surface area contributed by atoms with E-state index in [-0.39, 0.29) is 22.7 Å². The van der Waals surface area contributed by atoms with Gasteiger partial charge in [-0.05, 0) is 47.0 Å². The number of aliphatic hydroxyl groups is 1.